The Morgan fingerprint density at radius 3 is 2.95 bits per heavy atom. The summed E-state index contributed by atoms with van der Waals surface area (Å²) >= 11 is 0. The molecule has 1 saturated carbocycles. The van der Waals surface area contributed by atoms with Gasteiger partial charge in [-0.15, -0.1) is 0 Å². The lowest BCUT2D eigenvalue weighted by Gasteiger charge is -2.07. The van der Waals surface area contributed by atoms with E-state index in [9.17, 15) is 5.26 Å². The molecule has 0 atom stereocenters. The highest BCUT2D eigenvalue weighted by molar-refractivity contribution is 5.50. The number of nitriles is 1. The maximum atomic E-state index is 9.29. The van der Waals surface area contributed by atoms with Crippen LogP contribution in [0.4, 0.5) is 0 Å². The van der Waals surface area contributed by atoms with E-state index in [2.05, 4.69) is 22.6 Å². The summed E-state index contributed by atoms with van der Waals surface area (Å²) < 4.78 is 1.81. The first-order chi connectivity index (χ1) is 9.31. The molecule has 0 spiro atoms. The van der Waals surface area contributed by atoms with Crippen LogP contribution in [0.2, 0.25) is 0 Å². The van der Waals surface area contributed by atoms with Gasteiger partial charge in [0.05, 0.1) is 16.9 Å². The number of rotatable bonds is 4. The molecule has 1 aromatic carbocycles. The zero-order valence-electron chi connectivity index (χ0n) is 10.9. The highest BCUT2D eigenvalue weighted by Crippen LogP contribution is 2.39. The van der Waals surface area contributed by atoms with Crippen molar-refractivity contribution < 1.29 is 0 Å². The Morgan fingerprint density at radius 1 is 1.42 bits per heavy atom. The number of nitrogens with zero attached hydrogens (tertiary/aromatic N) is 3. The van der Waals surface area contributed by atoms with Gasteiger partial charge in [0, 0.05) is 18.7 Å². The molecule has 2 aromatic rings. The van der Waals surface area contributed by atoms with E-state index in [1.165, 1.54) is 12.8 Å². The van der Waals surface area contributed by atoms with E-state index in [0.717, 1.165) is 23.5 Å². The van der Waals surface area contributed by atoms with Gasteiger partial charge >= 0.3 is 0 Å². The molecule has 4 heteroatoms. The fourth-order valence-corrected chi connectivity index (χ4v) is 2.26. The van der Waals surface area contributed by atoms with Crippen molar-refractivity contribution in [2.24, 2.45) is 0 Å². The van der Waals surface area contributed by atoms with Gasteiger partial charge in [-0.3, -0.25) is 0 Å². The Kier molecular flexibility index (Phi) is 3.06. The molecule has 0 radical (unpaired) electrons. The Balaban J connectivity index is 1.96. The summed E-state index contributed by atoms with van der Waals surface area (Å²) in [6.45, 7) is 0.765. The van der Waals surface area contributed by atoms with Crippen LogP contribution in [0.1, 0.15) is 35.6 Å². The predicted octanol–water partition coefficient (Wildman–Crippen LogP) is 2.34. The Labute approximate surface area is 112 Å². The molecule has 1 aliphatic rings. The second-order valence-electron chi connectivity index (χ2n) is 4.95. The molecule has 0 saturated heterocycles. The summed E-state index contributed by atoms with van der Waals surface area (Å²) in [5.41, 5.74) is 3.77. The van der Waals surface area contributed by atoms with Crippen molar-refractivity contribution >= 4 is 0 Å². The lowest BCUT2D eigenvalue weighted by atomic mass is 10.1. The minimum Gasteiger partial charge on any atom is -0.316 e. The van der Waals surface area contributed by atoms with Crippen LogP contribution in [0.3, 0.4) is 0 Å². The summed E-state index contributed by atoms with van der Waals surface area (Å²) in [5.74, 6) is 0.635. The second-order valence-corrected chi connectivity index (χ2v) is 4.95. The summed E-state index contributed by atoms with van der Waals surface area (Å²) in [5, 5.41) is 17.0. The maximum absolute atomic E-state index is 9.29. The molecule has 1 heterocycles. The van der Waals surface area contributed by atoms with Crippen LogP contribution in [0, 0.1) is 11.3 Å². The normalized spacial score (nSPS) is 14.3. The maximum Gasteiger partial charge on any atom is 0.101 e. The van der Waals surface area contributed by atoms with Crippen molar-refractivity contribution in [3.63, 3.8) is 0 Å². The average Bonchev–Trinajstić information content (AvgIpc) is 3.17. The van der Waals surface area contributed by atoms with Crippen molar-refractivity contribution in [1.82, 2.24) is 15.1 Å². The number of aromatic nitrogens is 2. The minimum atomic E-state index is 0.635. The van der Waals surface area contributed by atoms with E-state index in [-0.39, 0.29) is 0 Å². The van der Waals surface area contributed by atoms with Gasteiger partial charge in [0.15, 0.2) is 0 Å². The van der Waals surface area contributed by atoms with Crippen molar-refractivity contribution in [3.05, 3.63) is 47.3 Å². The van der Waals surface area contributed by atoms with E-state index in [1.54, 1.807) is 0 Å². The molecule has 0 bridgehead atoms. The van der Waals surface area contributed by atoms with Crippen LogP contribution in [0.15, 0.2) is 30.5 Å². The summed E-state index contributed by atoms with van der Waals surface area (Å²) in [6.07, 6.45) is 4.42. The fraction of sp³-hybridized carbons (Fsp3) is 0.333. The number of hydrogen-bond acceptors (Lipinski definition) is 3. The molecule has 4 nitrogen and oxygen atoms in total. The standard InChI is InChI=1S/C15H16N4/c1-17-10-11-2-5-15(13(8-11)9-16)19-7-6-14(18-19)12-3-4-12/h2,5-8,12,17H,3-4,10H2,1H3. The van der Waals surface area contributed by atoms with Crippen molar-refractivity contribution in [2.75, 3.05) is 7.05 Å². The molecule has 1 fully saturated rings. The topological polar surface area (TPSA) is 53.6 Å². The molecule has 0 unspecified atom stereocenters. The number of hydrogen-bond donors (Lipinski definition) is 1. The summed E-state index contributed by atoms with van der Waals surface area (Å²) in [7, 11) is 1.90. The first-order valence-corrected chi connectivity index (χ1v) is 6.55. The van der Waals surface area contributed by atoms with Gasteiger partial charge in [-0.05, 0) is 43.7 Å². The quantitative estimate of drug-likeness (QED) is 0.908. The number of nitrogens with one attached hydrogen (secondary N) is 1. The fourth-order valence-electron chi connectivity index (χ4n) is 2.26. The van der Waals surface area contributed by atoms with Crippen molar-refractivity contribution in [2.45, 2.75) is 25.3 Å². The summed E-state index contributed by atoms with van der Waals surface area (Å²) in [4.78, 5) is 0. The van der Waals surface area contributed by atoms with Gasteiger partial charge in [-0.1, -0.05) is 6.07 Å². The monoisotopic (exact) mass is 252 g/mol. The van der Waals surface area contributed by atoms with Gasteiger partial charge in [0.1, 0.15) is 6.07 Å². The molecule has 19 heavy (non-hydrogen) atoms. The zero-order valence-corrected chi connectivity index (χ0v) is 10.9. The van der Waals surface area contributed by atoms with E-state index < -0.39 is 0 Å². The Morgan fingerprint density at radius 2 is 2.26 bits per heavy atom. The Bertz CT molecular complexity index is 632. The molecule has 1 N–H and O–H groups in total. The first kappa shape index (κ1) is 11.9. The van der Waals surface area contributed by atoms with E-state index in [0.29, 0.717) is 11.5 Å². The van der Waals surface area contributed by atoms with Gasteiger partial charge in [0.25, 0.3) is 0 Å². The van der Waals surface area contributed by atoms with Crippen LogP contribution in [0.5, 0.6) is 0 Å². The third kappa shape index (κ3) is 2.38. The minimum absolute atomic E-state index is 0.635. The van der Waals surface area contributed by atoms with Gasteiger partial charge in [-0.2, -0.15) is 10.4 Å². The smallest absolute Gasteiger partial charge is 0.101 e. The highest BCUT2D eigenvalue weighted by Gasteiger charge is 2.26. The van der Waals surface area contributed by atoms with Crippen LogP contribution < -0.4 is 5.32 Å². The van der Waals surface area contributed by atoms with E-state index >= 15 is 0 Å². The molecule has 0 amide bonds. The second kappa shape index (κ2) is 4.87. The third-order valence-corrected chi connectivity index (χ3v) is 3.41. The first-order valence-electron chi connectivity index (χ1n) is 6.55. The largest absolute Gasteiger partial charge is 0.316 e. The summed E-state index contributed by atoms with van der Waals surface area (Å²) in [6, 6.07) is 10.2. The highest BCUT2D eigenvalue weighted by atomic mass is 15.3. The van der Waals surface area contributed by atoms with Crippen LogP contribution in [-0.4, -0.2) is 16.8 Å². The van der Waals surface area contributed by atoms with Gasteiger partial charge < -0.3 is 5.32 Å². The van der Waals surface area contributed by atoms with Gasteiger partial charge in [-0.25, -0.2) is 4.68 Å². The van der Waals surface area contributed by atoms with Crippen molar-refractivity contribution in [3.8, 4) is 11.8 Å². The van der Waals surface area contributed by atoms with E-state index in [1.807, 2.05) is 36.1 Å². The molecular formula is C15H16N4. The SMILES string of the molecule is CNCc1ccc(-n2ccc(C3CC3)n2)c(C#N)c1. The average molecular weight is 252 g/mol. The van der Waals surface area contributed by atoms with E-state index in [4.69, 9.17) is 0 Å². The Hall–Kier alpha value is -2.12. The molecule has 96 valence electrons. The molecule has 3 rings (SSSR count). The van der Waals surface area contributed by atoms with Crippen LogP contribution >= 0.6 is 0 Å². The molecule has 0 aliphatic heterocycles. The lowest BCUT2D eigenvalue weighted by molar-refractivity contribution is 0.810. The lowest BCUT2D eigenvalue weighted by Crippen LogP contribution is -2.06. The predicted molar refractivity (Wildman–Crippen MR) is 73.0 cm³/mol. The van der Waals surface area contributed by atoms with Crippen LogP contribution in [-0.2, 0) is 6.54 Å². The van der Waals surface area contributed by atoms with Crippen LogP contribution in [0.25, 0.3) is 5.69 Å². The number of benzene rings is 1. The van der Waals surface area contributed by atoms with Gasteiger partial charge in [0.2, 0.25) is 0 Å². The molecule has 1 aliphatic carbocycles. The molecular weight excluding hydrogens is 236 g/mol. The van der Waals surface area contributed by atoms with Crippen molar-refractivity contribution in [1.29, 1.82) is 5.26 Å². The zero-order chi connectivity index (χ0) is 13.2. The third-order valence-electron chi connectivity index (χ3n) is 3.41. The molecule has 1 aromatic heterocycles.